The summed E-state index contributed by atoms with van der Waals surface area (Å²) in [5, 5.41) is 9.32. The summed E-state index contributed by atoms with van der Waals surface area (Å²) in [7, 11) is 1.61. The molecule has 0 atom stereocenters. The maximum Gasteiger partial charge on any atom is 0.161 e. The average Bonchev–Trinajstić information content (AvgIpc) is 2.46. The molecule has 0 aliphatic carbocycles. The number of methoxy groups -OCH3 is 1. The molecule has 0 aliphatic rings. The van der Waals surface area contributed by atoms with Gasteiger partial charge in [-0.3, -0.25) is 0 Å². The van der Waals surface area contributed by atoms with Gasteiger partial charge < -0.3 is 9.47 Å². The SMILES string of the molecule is COc1cc(C)ccc1OCc1ccc(C#N)cc1Cl. The Balaban J connectivity index is 2.15. The predicted octanol–water partition coefficient (Wildman–Crippen LogP) is 4.11. The number of ether oxygens (including phenoxy) is 2. The molecule has 102 valence electrons. The number of halogens is 1. The molecular formula is C16H14ClNO2. The summed E-state index contributed by atoms with van der Waals surface area (Å²) < 4.78 is 11.0. The maximum absolute atomic E-state index is 8.80. The summed E-state index contributed by atoms with van der Waals surface area (Å²) in [6.07, 6.45) is 0. The zero-order valence-electron chi connectivity index (χ0n) is 11.3. The lowest BCUT2D eigenvalue weighted by Crippen LogP contribution is -1.99. The van der Waals surface area contributed by atoms with Crippen molar-refractivity contribution >= 4 is 11.6 Å². The first kappa shape index (κ1) is 14.2. The van der Waals surface area contributed by atoms with E-state index in [0.717, 1.165) is 11.1 Å². The third-order valence-corrected chi connectivity index (χ3v) is 3.24. The molecule has 0 saturated heterocycles. The van der Waals surface area contributed by atoms with Crippen molar-refractivity contribution in [3.8, 4) is 17.6 Å². The van der Waals surface area contributed by atoms with E-state index in [0.29, 0.717) is 28.7 Å². The molecule has 4 heteroatoms. The van der Waals surface area contributed by atoms with Crippen LogP contribution in [0, 0.1) is 18.3 Å². The van der Waals surface area contributed by atoms with Crippen LogP contribution in [0.15, 0.2) is 36.4 Å². The number of hydrogen-bond acceptors (Lipinski definition) is 3. The molecule has 0 radical (unpaired) electrons. The van der Waals surface area contributed by atoms with Crippen LogP contribution >= 0.6 is 11.6 Å². The fourth-order valence-electron chi connectivity index (χ4n) is 1.78. The van der Waals surface area contributed by atoms with E-state index in [1.807, 2.05) is 31.2 Å². The van der Waals surface area contributed by atoms with Gasteiger partial charge in [0.05, 0.1) is 18.7 Å². The summed E-state index contributed by atoms with van der Waals surface area (Å²) in [6, 6.07) is 12.9. The Morgan fingerprint density at radius 3 is 2.60 bits per heavy atom. The zero-order chi connectivity index (χ0) is 14.5. The summed E-state index contributed by atoms with van der Waals surface area (Å²) >= 11 is 6.11. The van der Waals surface area contributed by atoms with Crippen molar-refractivity contribution in [1.29, 1.82) is 5.26 Å². The average molecular weight is 288 g/mol. The van der Waals surface area contributed by atoms with Crippen LogP contribution < -0.4 is 9.47 Å². The van der Waals surface area contributed by atoms with Gasteiger partial charge in [-0.2, -0.15) is 5.26 Å². The van der Waals surface area contributed by atoms with Gasteiger partial charge in [-0.15, -0.1) is 0 Å². The molecule has 20 heavy (non-hydrogen) atoms. The monoisotopic (exact) mass is 287 g/mol. The van der Waals surface area contributed by atoms with Crippen LogP contribution in [0.3, 0.4) is 0 Å². The van der Waals surface area contributed by atoms with Crippen LogP contribution in [0.2, 0.25) is 5.02 Å². The number of aryl methyl sites for hydroxylation is 1. The van der Waals surface area contributed by atoms with Gasteiger partial charge in [-0.1, -0.05) is 23.7 Å². The normalized spacial score (nSPS) is 9.90. The molecule has 2 aromatic rings. The fourth-order valence-corrected chi connectivity index (χ4v) is 2.02. The Morgan fingerprint density at radius 2 is 1.95 bits per heavy atom. The van der Waals surface area contributed by atoms with Crippen molar-refractivity contribution in [1.82, 2.24) is 0 Å². The number of hydrogen-bond donors (Lipinski definition) is 0. The van der Waals surface area contributed by atoms with Crippen molar-refractivity contribution in [2.45, 2.75) is 13.5 Å². The van der Waals surface area contributed by atoms with E-state index in [4.69, 9.17) is 26.3 Å². The molecule has 2 rings (SSSR count). The summed E-state index contributed by atoms with van der Waals surface area (Å²) in [5.41, 5.74) is 2.46. The highest BCUT2D eigenvalue weighted by Gasteiger charge is 2.07. The van der Waals surface area contributed by atoms with E-state index < -0.39 is 0 Å². The topological polar surface area (TPSA) is 42.2 Å². The van der Waals surface area contributed by atoms with Crippen LogP contribution in [0.4, 0.5) is 0 Å². The van der Waals surface area contributed by atoms with Gasteiger partial charge in [-0.25, -0.2) is 0 Å². The number of rotatable bonds is 4. The van der Waals surface area contributed by atoms with Crippen LogP contribution in [-0.4, -0.2) is 7.11 Å². The van der Waals surface area contributed by atoms with Gasteiger partial charge in [0.2, 0.25) is 0 Å². The molecule has 0 aromatic heterocycles. The molecule has 0 bridgehead atoms. The van der Waals surface area contributed by atoms with Gasteiger partial charge in [0.1, 0.15) is 6.61 Å². The van der Waals surface area contributed by atoms with E-state index in [1.165, 1.54) is 0 Å². The van der Waals surface area contributed by atoms with E-state index in [2.05, 4.69) is 0 Å². The molecule has 0 saturated carbocycles. The van der Waals surface area contributed by atoms with Gasteiger partial charge in [0.15, 0.2) is 11.5 Å². The van der Waals surface area contributed by atoms with Gasteiger partial charge in [0.25, 0.3) is 0 Å². The second kappa shape index (κ2) is 6.31. The van der Waals surface area contributed by atoms with Gasteiger partial charge in [0, 0.05) is 10.6 Å². The molecule has 0 heterocycles. The Kier molecular flexibility index (Phi) is 4.49. The summed E-state index contributed by atoms with van der Waals surface area (Å²) in [4.78, 5) is 0. The van der Waals surface area contributed by atoms with Crippen LogP contribution in [0.5, 0.6) is 11.5 Å². The predicted molar refractivity (Wildman–Crippen MR) is 78.2 cm³/mol. The summed E-state index contributed by atoms with van der Waals surface area (Å²) in [6.45, 7) is 2.31. The number of nitriles is 1. The Morgan fingerprint density at radius 1 is 1.15 bits per heavy atom. The van der Waals surface area contributed by atoms with Crippen molar-refractivity contribution in [2.24, 2.45) is 0 Å². The van der Waals surface area contributed by atoms with Gasteiger partial charge in [-0.05, 0) is 36.8 Å². The maximum atomic E-state index is 8.80. The van der Waals surface area contributed by atoms with Crippen molar-refractivity contribution < 1.29 is 9.47 Å². The lowest BCUT2D eigenvalue weighted by atomic mass is 10.1. The quantitative estimate of drug-likeness (QED) is 0.850. The first-order valence-electron chi connectivity index (χ1n) is 6.10. The second-order valence-electron chi connectivity index (χ2n) is 4.36. The van der Waals surface area contributed by atoms with E-state index in [1.54, 1.807) is 25.3 Å². The van der Waals surface area contributed by atoms with Crippen molar-refractivity contribution in [2.75, 3.05) is 7.11 Å². The molecule has 0 unspecified atom stereocenters. The third kappa shape index (κ3) is 3.23. The molecular weight excluding hydrogens is 274 g/mol. The van der Waals surface area contributed by atoms with E-state index in [9.17, 15) is 0 Å². The minimum atomic E-state index is 0.323. The van der Waals surface area contributed by atoms with Crippen LogP contribution in [0.1, 0.15) is 16.7 Å². The second-order valence-corrected chi connectivity index (χ2v) is 4.77. The summed E-state index contributed by atoms with van der Waals surface area (Å²) in [5.74, 6) is 1.35. The molecule has 0 fully saturated rings. The van der Waals surface area contributed by atoms with E-state index >= 15 is 0 Å². The van der Waals surface area contributed by atoms with Crippen LogP contribution in [0.25, 0.3) is 0 Å². The molecule has 0 amide bonds. The first-order valence-corrected chi connectivity index (χ1v) is 6.48. The molecule has 0 aliphatic heterocycles. The largest absolute Gasteiger partial charge is 0.493 e. The lowest BCUT2D eigenvalue weighted by Gasteiger charge is -2.12. The highest BCUT2D eigenvalue weighted by molar-refractivity contribution is 6.31. The first-order chi connectivity index (χ1) is 9.63. The molecule has 0 spiro atoms. The molecule has 0 N–H and O–H groups in total. The fraction of sp³-hybridized carbons (Fsp3) is 0.188. The Labute approximate surface area is 123 Å². The Bertz CT molecular complexity index is 662. The number of benzene rings is 2. The van der Waals surface area contributed by atoms with Gasteiger partial charge >= 0.3 is 0 Å². The Hall–Kier alpha value is -2.18. The van der Waals surface area contributed by atoms with Crippen molar-refractivity contribution in [3.05, 3.63) is 58.1 Å². The van der Waals surface area contributed by atoms with Crippen LogP contribution in [-0.2, 0) is 6.61 Å². The lowest BCUT2D eigenvalue weighted by molar-refractivity contribution is 0.284. The smallest absolute Gasteiger partial charge is 0.161 e. The highest BCUT2D eigenvalue weighted by atomic mass is 35.5. The number of nitrogens with zero attached hydrogens (tertiary/aromatic N) is 1. The van der Waals surface area contributed by atoms with E-state index in [-0.39, 0.29) is 0 Å². The minimum absolute atomic E-state index is 0.323. The zero-order valence-corrected chi connectivity index (χ0v) is 12.1. The minimum Gasteiger partial charge on any atom is -0.493 e. The standard InChI is InChI=1S/C16H14ClNO2/c1-11-3-6-15(16(7-11)19-2)20-10-13-5-4-12(9-18)8-14(13)17/h3-8H,10H2,1-2H3. The molecule has 2 aromatic carbocycles. The third-order valence-electron chi connectivity index (χ3n) is 2.88. The van der Waals surface area contributed by atoms with Crippen molar-refractivity contribution in [3.63, 3.8) is 0 Å². The highest BCUT2D eigenvalue weighted by Crippen LogP contribution is 2.29. The molecule has 3 nitrogen and oxygen atoms in total.